The minimum Gasteiger partial charge on any atom is -0.468 e. The maximum Gasteiger partial charge on any atom is 0.322 e. The van der Waals surface area contributed by atoms with Gasteiger partial charge >= 0.3 is 5.97 Å². The lowest BCUT2D eigenvalue weighted by Crippen LogP contribution is -2.34. The summed E-state index contributed by atoms with van der Waals surface area (Å²) in [6, 6.07) is 0. The Bertz CT molecular complexity index is 121. The zero-order valence-electron chi connectivity index (χ0n) is 6.38. The molecule has 1 atom stereocenters. The van der Waals surface area contributed by atoms with Crippen LogP contribution in [0.4, 0.5) is 0 Å². The molecule has 0 saturated carbocycles. The highest BCUT2D eigenvalue weighted by atomic mass is 32.2. The summed E-state index contributed by atoms with van der Waals surface area (Å²) in [6.07, 6.45) is 1.87. The second-order valence-electron chi connectivity index (χ2n) is 2.08. The second kappa shape index (κ2) is 4.13. The van der Waals surface area contributed by atoms with E-state index in [0.717, 1.165) is 0 Å². The first-order chi connectivity index (χ1) is 4.60. The van der Waals surface area contributed by atoms with Gasteiger partial charge in [0, 0.05) is 5.75 Å². The van der Waals surface area contributed by atoms with Crippen LogP contribution in [-0.4, -0.2) is 29.8 Å². The van der Waals surface area contributed by atoms with Crippen LogP contribution in [0.5, 0.6) is 0 Å². The molecule has 60 valence electrons. The fourth-order valence-corrected chi connectivity index (χ4v) is 1.32. The van der Waals surface area contributed by atoms with E-state index in [1.54, 1.807) is 0 Å². The first kappa shape index (κ1) is 10.2. The third-order valence-corrected chi connectivity index (χ3v) is 3.43. The fraction of sp³-hybridized carbons (Fsp3) is 0.833. The third-order valence-electron chi connectivity index (χ3n) is 1.37. The lowest BCUT2D eigenvalue weighted by atomic mass is 10.2. The van der Waals surface area contributed by atoms with Crippen molar-refractivity contribution < 1.29 is 9.53 Å². The Morgan fingerprint density at radius 1 is 1.80 bits per heavy atom. The summed E-state index contributed by atoms with van der Waals surface area (Å²) >= 11 is 5.51. The van der Waals surface area contributed by atoms with Gasteiger partial charge in [0.1, 0.15) is 4.75 Å². The van der Waals surface area contributed by atoms with Crippen molar-refractivity contribution in [3.63, 3.8) is 0 Å². The van der Waals surface area contributed by atoms with Gasteiger partial charge in [0.25, 0.3) is 0 Å². The SMILES string of the molecule is COC(=O)C(C)(CS)SC. The summed E-state index contributed by atoms with van der Waals surface area (Å²) in [5.41, 5.74) is 0. The molecule has 0 aliphatic carbocycles. The smallest absolute Gasteiger partial charge is 0.322 e. The Morgan fingerprint density at radius 3 is 2.40 bits per heavy atom. The van der Waals surface area contributed by atoms with Gasteiger partial charge in [-0.15, -0.1) is 11.8 Å². The topological polar surface area (TPSA) is 26.3 Å². The van der Waals surface area contributed by atoms with Gasteiger partial charge in [0.15, 0.2) is 0 Å². The molecule has 0 aliphatic rings. The maximum atomic E-state index is 11.0. The third kappa shape index (κ3) is 2.09. The van der Waals surface area contributed by atoms with Gasteiger partial charge in [0.2, 0.25) is 0 Å². The van der Waals surface area contributed by atoms with Gasteiger partial charge in [-0.05, 0) is 13.2 Å². The molecule has 0 saturated heterocycles. The minimum atomic E-state index is -0.488. The minimum absolute atomic E-state index is 0.213. The van der Waals surface area contributed by atoms with Gasteiger partial charge in [-0.2, -0.15) is 12.6 Å². The molecule has 0 bridgehead atoms. The Morgan fingerprint density at radius 2 is 2.30 bits per heavy atom. The van der Waals surface area contributed by atoms with Crippen molar-refractivity contribution in [1.82, 2.24) is 0 Å². The molecule has 0 amide bonds. The Balaban J connectivity index is 4.17. The number of methoxy groups -OCH3 is 1. The molecular formula is C6H12O2S2. The molecule has 0 fully saturated rings. The Hall–Kier alpha value is 0.170. The number of rotatable bonds is 3. The van der Waals surface area contributed by atoms with Crippen LogP contribution in [0.25, 0.3) is 0 Å². The molecule has 2 nitrogen and oxygen atoms in total. The molecular weight excluding hydrogens is 168 g/mol. The first-order valence-electron chi connectivity index (χ1n) is 2.85. The second-order valence-corrected chi connectivity index (χ2v) is 3.71. The number of hydrogen-bond donors (Lipinski definition) is 1. The zero-order chi connectivity index (χ0) is 8.20. The van der Waals surface area contributed by atoms with Crippen LogP contribution in [0.3, 0.4) is 0 Å². The van der Waals surface area contributed by atoms with Gasteiger partial charge in [0.05, 0.1) is 7.11 Å². The average molecular weight is 180 g/mol. The number of carbonyl (C=O) groups excluding carboxylic acids is 1. The van der Waals surface area contributed by atoms with E-state index in [0.29, 0.717) is 5.75 Å². The van der Waals surface area contributed by atoms with E-state index < -0.39 is 4.75 Å². The molecule has 0 heterocycles. The monoisotopic (exact) mass is 180 g/mol. The normalized spacial score (nSPS) is 16.0. The molecule has 0 aromatic carbocycles. The van der Waals surface area contributed by atoms with E-state index in [4.69, 9.17) is 0 Å². The highest BCUT2D eigenvalue weighted by Crippen LogP contribution is 2.24. The average Bonchev–Trinajstić information content (AvgIpc) is 2.01. The van der Waals surface area contributed by atoms with E-state index in [2.05, 4.69) is 17.4 Å². The molecule has 0 aliphatic heterocycles. The summed E-state index contributed by atoms with van der Waals surface area (Å²) in [7, 11) is 1.39. The standard InChI is InChI=1S/C6H12O2S2/c1-6(4-9,10-3)5(7)8-2/h9H,4H2,1-3H3. The molecule has 0 aromatic heterocycles. The molecule has 0 aromatic rings. The number of carbonyl (C=O) groups is 1. The predicted molar refractivity (Wildman–Crippen MR) is 47.8 cm³/mol. The van der Waals surface area contributed by atoms with Crippen molar-refractivity contribution in [3.05, 3.63) is 0 Å². The summed E-state index contributed by atoms with van der Waals surface area (Å²) in [4.78, 5) is 11.0. The van der Waals surface area contributed by atoms with Crippen LogP contribution in [0.1, 0.15) is 6.92 Å². The molecule has 10 heavy (non-hydrogen) atoms. The fourth-order valence-electron chi connectivity index (χ4n) is 0.428. The van der Waals surface area contributed by atoms with E-state index in [1.165, 1.54) is 18.9 Å². The quantitative estimate of drug-likeness (QED) is 0.522. The van der Waals surface area contributed by atoms with Crippen molar-refractivity contribution in [1.29, 1.82) is 0 Å². The van der Waals surface area contributed by atoms with Crippen molar-refractivity contribution in [2.45, 2.75) is 11.7 Å². The lowest BCUT2D eigenvalue weighted by Gasteiger charge is -2.21. The predicted octanol–water partition coefficient (Wildman–Crippen LogP) is 1.21. The molecule has 4 heteroatoms. The van der Waals surface area contributed by atoms with Gasteiger partial charge in [-0.25, -0.2) is 0 Å². The number of esters is 1. The van der Waals surface area contributed by atoms with Gasteiger partial charge in [-0.1, -0.05) is 0 Å². The molecule has 0 rings (SSSR count). The van der Waals surface area contributed by atoms with E-state index in [1.807, 2.05) is 13.2 Å². The number of thioether (sulfide) groups is 1. The largest absolute Gasteiger partial charge is 0.468 e. The van der Waals surface area contributed by atoms with Crippen LogP contribution >= 0.6 is 24.4 Å². The lowest BCUT2D eigenvalue weighted by molar-refractivity contribution is -0.142. The van der Waals surface area contributed by atoms with E-state index >= 15 is 0 Å². The Labute approximate surface area is 71.1 Å². The Kier molecular flexibility index (Phi) is 4.20. The summed E-state index contributed by atoms with van der Waals surface area (Å²) in [6.45, 7) is 1.82. The van der Waals surface area contributed by atoms with Crippen molar-refractivity contribution in [3.8, 4) is 0 Å². The highest BCUT2D eigenvalue weighted by molar-refractivity contribution is 8.01. The zero-order valence-corrected chi connectivity index (χ0v) is 8.09. The maximum absolute atomic E-state index is 11.0. The van der Waals surface area contributed by atoms with Crippen LogP contribution in [0.2, 0.25) is 0 Å². The van der Waals surface area contributed by atoms with Gasteiger partial charge in [-0.3, -0.25) is 4.79 Å². The van der Waals surface area contributed by atoms with Crippen LogP contribution < -0.4 is 0 Å². The first-order valence-corrected chi connectivity index (χ1v) is 4.71. The highest BCUT2D eigenvalue weighted by Gasteiger charge is 2.31. The van der Waals surface area contributed by atoms with Crippen molar-refractivity contribution in [2.24, 2.45) is 0 Å². The molecule has 0 radical (unpaired) electrons. The number of ether oxygens (including phenoxy) is 1. The van der Waals surface area contributed by atoms with Crippen molar-refractivity contribution in [2.75, 3.05) is 19.1 Å². The van der Waals surface area contributed by atoms with E-state index in [9.17, 15) is 4.79 Å². The molecule has 0 N–H and O–H groups in total. The van der Waals surface area contributed by atoms with Crippen molar-refractivity contribution >= 4 is 30.4 Å². The molecule has 1 unspecified atom stereocenters. The molecule has 0 spiro atoms. The number of thiol groups is 1. The van der Waals surface area contributed by atoms with Crippen LogP contribution in [0.15, 0.2) is 0 Å². The summed E-state index contributed by atoms with van der Waals surface area (Å²) in [5.74, 6) is 0.288. The van der Waals surface area contributed by atoms with Crippen LogP contribution in [-0.2, 0) is 9.53 Å². The van der Waals surface area contributed by atoms with Gasteiger partial charge < -0.3 is 4.74 Å². The summed E-state index contributed by atoms with van der Waals surface area (Å²) in [5, 5.41) is 0. The summed E-state index contributed by atoms with van der Waals surface area (Å²) < 4.78 is 4.10. The van der Waals surface area contributed by atoms with E-state index in [-0.39, 0.29) is 5.97 Å². The van der Waals surface area contributed by atoms with Crippen LogP contribution in [0, 0.1) is 0 Å². The number of hydrogen-bond acceptors (Lipinski definition) is 4.